The average molecular weight is 191 g/mol. The van der Waals surface area contributed by atoms with Gasteiger partial charge < -0.3 is 10.8 Å². The van der Waals surface area contributed by atoms with Crippen LogP contribution in [-0.2, 0) is 4.79 Å². The van der Waals surface area contributed by atoms with Crippen LogP contribution in [-0.4, -0.2) is 11.1 Å². The molecule has 1 aromatic rings. The zero-order valence-electron chi connectivity index (χ0n) is 8.03. The van der Waals surface area contributed by atoms with Gasteiger partial charge in [-0.05, 0) is 24.5 Å². The van der Waals surface area contributed by atoms with Gasteiger partial charge in [0.1, 0.15) is 0 Å². The van der Waals surface area contributed by atoms with Crippen molar-refractivity contribution in [3.8, 4) is 0 Å². The van der Waals surface area contributed by atoms with Crippen LogP contribution in [0.1, 0.15) is 35.1 Å². The molecule has 1 aliphatic carbocycles. The molecule has 74 valence electrons. The highest BCUT2D eigenvalue weighted by Crippen LogP contribution is 2.39. The number of hydrogen-bond donors (Lipinski definition) is 2. The van der Waals surface area contributed by atoms with Gasteiger partial charge in [-0.2, -0.15) is 0 Å². The van der Waals surface area contributed by atoms with Crippen LogP contribution in [0.5, 0.6) is 0 Å². The molecule has 0 fully saturated rings. The zero-order valence-corrected chi connectivity index (χ0v) is 8.03. The first-order valence-corrected chi connectivity index (χ1v) is 4.68. The number of carboxylic acids is 1. The van der Waals surface area contributed by atoms with Gasteiger partial charge in [0.15, 0.2) is 0 Å². The van der Waals surface area contributed by atoms with Gasteiger partial charge in [0.2, 0.25) is 0 Å². The Hall–Kier alpha value is -1.35. The van der Waals surface area contributed by atoms with Crippen LogP contribution in [0.25, 0.3) is 0 Å². The highest BCUT2D eigenvalue weighted by Gasteiger charge is 2.33. The van der Waals surface area contributed by atoms with E-state index in [-0.39, 0.29) is 6.04 Å². The summed E-state index contributed by atoms with van der Waals surface area (Å²) in [4.78, 5) is 11.0. The van der Waals surface area contributed by atoms with Crippen molar-refractivity contribution in [2.45, 2.75) is 25.3 Å². The van der Waals surface area contributed by atoms with Gasteiger partial charge in [0, 0.05) is 6.04 Å². The summed E-state index contributed by atoms with van der Waals surface area (Å²) in [5.74, 6) is -1.19. The topological polar surface area (TPSA) is 63.3 Å². The molecule has 1 aliphatic rings. The van der Waals surface area contributed by atoms with E-state index in [1.807, 2.05) is 25.1 Å². The quantitative estimate of drug-likeness (QED) is 0.708. The predicted octanol–water partition coefficient (Wildman–Crippen LogP) is 1.57. The van der Waals surface area contributed by atoms with Crippen LogP contribution in [0.15, 0.2) is 18.2 Å². The van der Waals surface area contributed by atoms with Gasteiger partial charge in [-0.15, -0.1) is 0 Å². The molecular formula is C11H13NO2. The van der Waals surface area contributed by atoms with E-state index in [1.165, 1.54) is 0 Å². The molecule has 3 nitrogen and oxygen atoms in total. The minimum absolute atomic E-state index is 0.119. The third-order valence-corrected chi connectivity index (χ3v) is 2.80. The van der Waals surface area contributed by atoms with E-state index < -0.39 is 11.9 Å². The second-order valence-electron chi connectivity index (χ2n) is 3.87. The van der Waals surface area contributed by atoms with Gasteiger partial charge in [-0.25, -0.2) is 0 Å². The monoisotopic (exact) mass is 191 g/mol. The Labute approximate surface area is 82.5 Å². The molecule has 2 rings (SSSR count). The van der Waals surface area contributed by atoms with E-state index in [4.69, 9.17) is 10.8 Å². The van der Waals surface area contributed by atoms with Crippen LogP contribution in [0.3, 0.4) is 0 Å². The molecule has 0 saturated carbocycles. The lowest BCUT2D eigenvalue weighted by atomic mass is 10.00. The summed E-state index contributed by atoms with van der Waals surface area (Å²) in [6.07, 6.45) is 0.522. The van der Waals surface area contributed by atoms with E-state index in [9.17, 15) is 4.79 Å². The Morgan fingerprint density at radius 2 is 2.21 bits per heavy atom. The molecule has 3 N–H and O–H groups in total. The number of carboxylic acid groups (broad SMARTS) is 1. The summed E-state index contributed by atoms with van der Waals surface area (Å²) >= 11 is 0. The number of carbonyl (C=O) groups is 1. The highest BCUT2D eigenvalue weighted by molar-refractivity contribution is 5.78. The first-order chi connectivity index (χ1) is 6.59. The molecule has 14 heavy (non-hydrogen) atoms. The largest absolute Gasteiger partial charge is 0.481 e. The predicted molar refractivity (Wildman–Crippen MR) is 53.1 cm³/mol. The van der Waals surface area contributed by atoms with Crippen molar-refractivity contribution < 1.29 is 9.90 Å². The summed E-state index contributed by atoms with van der Waals surface area (Å²) in [5.41, 5.74) is 8.83. The smallest absolute Gasteiger partial charge is 0.311 e. The second kappa shape index (κ2) is 3.10. The molecular weight excluding hydrogens is 178 g/mol. The Bertz CT molecular complexity index is 387. The SMILES string of the molecule is Cc1ccc2c(c1)C(C(=O)O)CC2N. The maximum atomic E-state index is 11.0. The highest BCUT2D eigenvalue weighted by atomic mass is 16.4. The lowest BCUT2D eigenvalue weighted by Crippen LogP contribution is -2.10. The molecule has 0 heterocycles. The zero-order chi connectivity index (χ0) is 10.3. The second-order valence-corrected chi connectivity index (χ2v) is 3.87. The third-order valence-electron chi connectivity index (χ3n) is 2.80. The van der Waals surface area contributed by atoms with Crippen LogP contribution in [0.2, 0.25) is 0 Å². The minimum Gasteiger partial charge on any atom is -0.481 e. The van der Waals surface area contributed by atoms with E-state index in [1.54, 1.807) is 0 Å². The van der Waals surface area contributed by atoms with Gasteiger partial charge >= 0.3 is 5.97 Å². The van der Waals surface area contributed by atoms with E-state index in [0.29, 0.717) is 6.42 Å². The maximum Gasteiger partial charge on any atom is 0.311 e. The molecule has 2 unspecified atom stereocenters. The normalized spacial score (nSPS) is 24.7. The molecule has 3 heteroatoms. The molecule has 0 bridgehead atoms. The average Bonchev–Trinajstić information content (AvgIpc) is 2.43. The number of aliphatic carboxylic acids is 1. The third kappa shape index (κ3) is 1.30. The van der Waals surface area contributed by atoms with Crippen molar-refractivity contribution in [2.75, 3.05) is 0 Å². The van der Waals surface area contributed by atoms with Crippen molar-refractivity contribution >= 4 is 5.97 Å². The summed E-state index contributed by atoms with van der Waals surface area (Å²) < 4.78 is 0. The van der Waals surface area contributed by atoms with Gasteiger partial charge in [-0.1, -0.05) is 23.8 Å². The van der Waals surface area contributed by atoms with Crippen molar-refractivity contribution in [1.82, 2.24) is 0 Å². The number of hydrogen-bond acceptors (Lipinski definition) is 2. The molecule has 0 amide bonds. The first-order valence-electron chi connectivity index (χ1n) is 4.68. The van der Waals surface area contributed by atoms with Crippen LogP contribution < -0.4 is 5.73 Å². The summed E-state index contributed by atoms with van der Waals surface area (Å²) in [5, 5.41) is 9.01. The van der Waals surface area contributed by atoms with E-state index >= 15 is 0 Å². The fourth-order valence-corrected chi connectivity index (χ4v) is 2.08. The minimum atomic E-state index is -0.773. The summed E-state index contributed by atoms with van der Waals surface area (Å²) in [7, 11) is 0. The molecule has 2 atom stereocenters. The lowest BCUT2D eigenvalue weighted by molar-refractivity contribution is -0.138. The number of aryl methyl sites for hydroxylation is 1. The van der Waals surface area contributed by atoms with Crippen molar-refractivity contribution in [3.63, 3.8) is 0 Å². The summed E-state index contributed by atoms with van der Waals surface area (Å²) in [6.45, 7) is 1.96. The molecule has 0 aromatic heterocycles. The Kier molecular flexibility index (Phi) is 2.04. The van der Waals surface area contributed by atoms with Crippen molar-refractivity contribution in [3.05, 3.63) is 34.9 Å². The molecule has 0 radical (unpaired) electrons. The molecule has 0 aliphatic heterocycles. The number of fused-ring (bicyclic) bond motifs is 1. The maximum absolute atomic E-state index is 11.0. The molecule has 0 spiro atoms. The van der Waals surface area contributed by atoms with Crippen LogP contribution in [0, 0.1) is 6.92 Å². The molecule has 0 saturated heterocycles. The van der Waals surface area contributed by atoms with Gasteiger partial charge in [-0.3, -0.25) is 4.79 Å². The Morgan fingerprint density at radius 1 is 1.50 bits per heavy atom. The Morgan fingerprint density at radius 3 is 2.86 bits per heavy atom. The molecule has 1 aromatic carbocycles. The fourth-order valence-electron chi connectivity index (χ4n) is 2.08. The number of benzene rings is 1. The van der Waals surface area contributed by atoms with E-state index in [0.717, 1.165) is 16.7 Å². The number of rotatable bonds is 1. The summed E-state index contributed by atoms with van der Waals surface area (Å²) in [6, 6.07) is 5.73. The fraction of sp³-hybridized carbons (Fsp3) is 0.364. The van der Waals surface area contributed by atoms with Crippen LogP contribution >= 0.6 is 0 Å². The van der Waals surface area contributed by atoms with Crippen molar-refractivity contribution in [1.29, 1.82) is 0 Å². The lowest BCUT2D eigenvalue weighted by Gasteiger charge is -2.05. The van der Waals surface area contributed by atoms with E-state index in [2.05, 4.69) is 0 Å². The van der Waals surface area contributed by atoms with Crippen molar-refractivity contribution in [2.24, 2.45) is 5.73 Å². The Balaban J connectivity index is 2.51. The first kappa shape index (κ1) is 9.21. The van der Waals surface area contributed by atoms with Gasteiger partial charge in [0.05, 0.1) is 5.92 Å². The van der Waals surface area contributed by atoms with Gasteiger partial charge in [0.25, 0.3) is 0 Å². The van der Waals surface area contributed by atoms with Crippen LogP contribution in [0.4, 0.5) is 0 Å². The standard InChI is InChI=1S/C11H13NO2/c1-6-2-3-7-8(4-6)9(11(13)14)5-10(7)12/h2-4,9-10H,5,12H2,1H3,(H,13,14). The number of nitrogens with two attached hydrogens (primary N) is 1.